The number of ether oxygens (including phenoxy) is 2. The molecule has 0 fully saturated rings. The van der Waals surface area contributed by atoms with Gasteiger partial charge in [0.15, 0.2) is 0 Å². The summed E-state index contributed by atoms with van der Waals surface area (Å²) in [6.07, 6.45) is 0.428. The van der Waals surface area contributed by atoms with Gasteiger partial charge < -0.3 is 9.47 Å². The number of hydrogen-bond donors (Lipinski definition) is 0. The zero-order valence-corrected chi connectivity index (χ0v) is 11.6. The van der Waals surface area contributed by atoms with E-state index in [1.165, 1.54) is 0 Å². The second-order valence-electron chi connectivity index (χ2n) is 4.45. The van der Waals surface area contributed by atoms with Crippen molar-refractivity contribution in [1.29, 1.82) is 5.26 Å². The predicted octanol–water partition coefficient (Wildman–Crippen LogP) is 2.72. The van der Waals surface area contributed by atoms with Crippen LogP contribution in [0.25, 0.3) is 0 Å². The van der Waals surface area contributed by atoms with Gasteiger partial charge in [0.05, 0.1) is 18.8 Å². The number of benzene rings is 1. The lowest BCUT2D eigenvalue weighted by Crippen LogP contribution is -2.18. The highest BCUT2D eigenvalue weighted by atomic mass is 16.5. The van der Waals surface area contributed by atoms with Crippen LogP contribution in [-0.2, 0) is 16.0 Å². The van der Waals surface area contributed by atoms with Crippen molar-refractivity contribution in [3.8, 4) is 11.8 Å². The van der Waals surface area contributed by atoms with Crippen LogP contribution in [-0.4, -0.2) is 18.7 Å². The minimum atomic E-state index is -0.769. The van der Waals surface area contributed by atoms with Gasteiger partial charge in [0.25, 0.3) is 0 Å². The molecule has 0 radical (unpaired) electrons. The van der Waals surface area contributed by atoms with Gasteiger partial charge in [-0.3, -0.25) is 4.79 Å². The molecule has 0 spiro atoms. The SMILES string of the molecule is CCOC(=O)C(C#N)Cc1cccc(OC(C)C)c1. The maximum Gasteiger partial charge on any atom is 0.323 e. The van der Waals surface area contributed by atoms with Crippen LogP contribution in [0.15, 0.2) is 24.3 Å². The first-order valence-corrected chi connectivity index (χ1v) is 6.38. The quantitative estimate of drug-likeness (QED) is 0.739. The van der Waals surface area contributed by atoms with Gasteiger partial charge in [-0.2, -0.15) is 5.26 Å². The molecule has 0 aliphatic heterocycles. The summed E-state index contributed by atoms with van der Waals surface area (Å²) in [5, 5.41) is 9.02. The fraction of sp³-hybridized carbons (Fsp3) is 0.467. The van der Waals surface area contributed by atoms with E-state index in [-0.39, 0.29) is 12.7 Å². The topological polar surface area (TPSA) is 59.3 Å². The van der Waals surface area contributed by atoms with Gasteiger partial charge in [0.2, 0.25) is 0 Å². The number of rotatable bonds is 6. The van der Waals surface area contributed by atoms with Crippen LogP contribution in [0.3, 0.4) is 0 Å². The maximum absolute atomic E-state index is 11.6. The molecule has 4 nitrogen and oxygen atoms in total. The van der Waals surface area contributed by atoms with Crippen molar-refractivity contribution >= 4 is 5.97 Å². The molecule has 1 unspecified atom stereocenters. The van der Waals surface area contributed by atoms with E-state index in [0.717, 1.165) is 11.3 Å². The third-order valence-corrected chi connectivity index (χ3v) is 2.44. The Morgan fingerprint density at radius 1 is 1.42 bits per heavy atom. The minimum absolute atomic E-state index is 0.0899. The van der Waals surface area contributed by atoms with Crippen LogP contribution in [0.5, 0.6) is 5.75 Å². The van der Waals surface area contributed by atoms with E-state index in [1.807, 2.05) is 44.2 Å². The van der Waals surface area contributed by atoms with Crippen molar-refractivity contribution in [3.05, 3.63) is 29.8 Å². The monoisotopic (exact) mass is 261 g/mol. The van der Waals surface area contributed by atoms with E-state index in [2.05, 4.69) is 0 Å². The number of hydrogen-bond acceptors (Lipinski definition) is 4. The van der Waals surface area contributed by atoms with Crippen LogP contribution in [0.1, 0.15) is 26.3 Å². The number of carbonyl (C=O) groups excluding carboxylic acids is 1. The summed E-state index contributed by atoms with van der Waals surface area (Å²) in [6.45, 7) is 5.91. The molecule has 4 heteroatoms. The van der Waals surface area contributed by atoms with E-state index < -0.39 is 11.9 Å². The summed E-state index contributed by atoms with van der Waals surface area (Å²) in [7, 11) is 0. The first-order chi connectivity index (χ1) is 9.06. The van der Waals surface area contributed by atoms with Gasteiger partial charge in [0, 0.05) is 0 Å². The van der Waals surface area contributed by atoms with Gasteiger partial charge in [-0.1, -0.05) is 12.1 Å². The van der Waals surface area contributed by atoms with E-state index in [4.69, 9.17) is 14.7 Å². The van der Waals surface area contributed by atoms with E-state index in [1.54, 1.807) is 6.92 Å². The standard InChI is InChI=1S/C15H19NO3/c1-4-18-15(17)13(10-16)8-12-6-5-7-14(9-12)19-11(2)3/h5-7,9,11,13H,4,8H2,1-3H3. The molecule has 0 aromatic heterocycles. The molecule has 1 rings (SSSR count). The van der Waals surface area contributed by atoms with Crippen LogP contribution in [0.2, 0.25) is 0 Å². The first-order valence-electron chi connectivity index (χ1n) is 6.38. The smallest absolute Gasteiger partial charge is 0.323 e. The summed E-state index contributed by atoms with van der Waals surface area (Å²) in [6, 6.07) is 9.41. The largest absolute Gasteiger partial charge is 0.491 e. The third kappa shape index (κ3) is 5.01. The number of nitriles is 1. The van der Waals surface area contributed by atoms with E-state index >= 15 is 0 Å². The Kier molecular flexibility index (Phi) is 5.87. The number of nitrogens with zero attached hydrogens (tertiary/aromatic N) is 1. The van der Waals surface area contributed by atoms with Gasteiger partial charge in [-0.25, -0.2) is 0 Å². The molecule has 0 saturated heterocycles. The molecular formula is C15H19NO3. The van der Waals surface area contributed by atoms with E-state index in [9.17, 15) is 4.79 Å². The summed E-state index contributed by atoms with van der Waals surface area (Å²) < 4.78 is 10.4. The molecule has 0 saturated carbocycles. The fourth-order valence-corrected chi connectivity index (χ4v) is 1.68. The Morgan fingerprint density at radius 3 is 2.74 bits per heavy atom. The van der Waals surface area contributed by atoms with Gasteiger partial charge in [-0.05, 0) is 44.9 Å². The molecule has 102 valence electrons. The molecule has 0 N–H and O–H groups in total. The summed E-state index contributed by atoms with van der Waals surface area (Å²) in [4.78, 5) is 11.6. The van der Waals surface area contributed by atoms with Crippen molar-refractivity contribution in [3.63, 3.8) is 0 Å². The zero-order chi connectivity index (χ0) is 14.3. The molecule has 19 heavy (non-hydrogen) atoms. The lowest BCUT2D eigenvalue weighted by atomic mass is 10.0. The Hall–Kier alpha value is -2.02. The predicted molar refractivity (Wildman–Crippen MR) is 71.6 cm³/mol. The normalized spacial score (nSPS) is 11.7. The average molecular weight is 261 g/mol. The minimum Gasteiger partial charge on any atom is -0.491 e. The maximum atomic E-state index is 11.6. The Labute approximate surface area is 113 Å². The lowest BCUT2D eigenvalue weighted by molar-refractivity contribution is -0.145. The molecule has 0 amide bonds. The van der Waals surface area contributed by atoms with Crippen molar-refractivity contribution in [2.75, 3.05) is 6.61 Å². The fourth-order valence-electron chi connectivity index (χ4n) is 1.68. The first kappa shape index (κ1) is 15.0. The average Bonchev–Trinajstić information content (AvgIpc) is 2.35. The summed E-state index contributed by atoms with van der Waals surface area (Å²) in [5.41, 5.74) is 0.887. The Bertz CT molecular complexity index is 463. The van der Waals surface area contributed by atoms with Crippen LogP contribution >= 0.6 is 0 Å². The van der Waals surface area contributed by atoms with Gasteiger partial charge >= 0.3 is 5.97 Å². The highest BCUT2D eigenvalue weighted by molar-refractivity contribution is 5.75. The van der Waals surface area contributed by atoms with E-state index in [0.29, 0.717) is 6.42 Å². The molecule has 0 heterocycles. The molecule has 0 aliphatic rings. The van der Waals surface area contributed by atoms with Crippen LogP contribution < -0.4 is 4.74 Å². The summed E-state index contributed by atoms with van der Waals surface area (Å²) in [5.74, 6) is -0.498. The Balaban J connectivity index is 2.75. The third-order valence-electron chi connectivity index (χ3n) is 2.44. The number of carbonyl (C=O) groups is 1. The van der Waals surface area contributed by atoms with Crippen molar-refractivity contribution in [1.82, 2.24) is 0 Å². The Morgan fingerprint density at radius 2 is 2.16 bits per heavy atom. The molecule has 0 bridgehead atoms. The van der Waals surface area contributed by atoms with Gasteiger partial charge in [-0.15, -0.1) is 0 Å². The van der Waals surface area contributed by atoms with Crippen molar-refractivity contribution < 1.29 is 14.3 Å². The highest BCUT2D eigenvalue weighted by Crippen LogP contribution is 2.18. The molecule has 1 aromatic rings. The molecule has 1 atom stereocenters. The second-order valence-corrected chi connectivity index (χ2v) is 4.45. The molecule has 0 aliphatic carbocycles. The number of esters is 1. The molecular weight excluding hydrogens is 242 g/mol. The van der Waals surface area contributed by atoms with Crippen molar-refractivity contribution in [2.45, 2.75) is 33.3 Å². The van der Waals surface area contributed by atoms with Gasteiger partial charge in [0.1, 0.15) is 11.7 Å². The van der Waals surface area contributed by atoms with Crippen LogP contribution in [0, 0.1) is 17.2 Å². The second kappa shape index (κ2) is 7.42. The zero-order valence-electron chi connectivity index (χ0n) is 11.6. The summed E-state index contributed by atoms with van der Waals surface area (Å²) >= 11 is 0. The van der Waals surface area contributed by atoms with Crippen LogP contribution in [0.4, 0.5) is 0 Å². The molecule has 1 aromatic carbocycles. The lowest BCUT2D eigenvalue weighted by Gasteiger charge is -2.12. The highest BCUT2D eigenvalue weighted by Gasteiger charge is 2.19. The van der Waals surface area contributed by atoms with Crippen molar-refractivity contribution in [2.24, 2.45) is 5.92 Å².